The van der Waals surface area contributed by atoms with Crippen molar-refractivity contribution < 1.29 is 4.79 Å². The molecule has 14 heavy (non-hydrogen) atoms. The molecule has 1 aromatic heterocycles. The lowest BCUT2D eigenvalue weighted by molar-refractivity contribution is -0.121. The van der Waals surface area contributed by atoms with Crippen LogP contribution in [0, 0.1) is 0 Å². The molecule has 0 saturated heterocycles. The Hall–Kier alpha value is -0.870. The minimum Gasteiger partial charge on any atom is -0.350 e. The average Bonchev–Trinajstić information content (AvgIpc) is 2.55. The van der Waals surface area contributed by atoms with Gasteiger partial charge in [0.2, 0.25) is 5.91 Å². The molecule has 0 bridgehead atoms. The van der Waals surface area contributed by atoms with Gasteiger partial charge in [0, 0.05) is 17.0 Å². The molecule has 1 aromatic rings. The van der Waals surface area contributed by atoms with Gasteiger partial charge in [0.05, 0.1) is 6.42 Å². The van der Waals surface area contributed by atoms with Crippen molar-refractivity contribution in [3.05, 3.63) is 22.4 Å². The van der Waals surface area contributed by atoms with Gasteiger partial charge in [-0.1, -0.05) is 6.07 Å². The van der Waals surface area contributed by atoms with Crippen LogP contribution in [-0.2, 0) is 11.2 Å². The maximum atomic E-state index is 11.5. The lowest BCUT2D eigenvalue weighted by Crippen LogP contribution is -2.49. The van der Waals surface area contributed by atoms with Gasteiger partial charge < -0.3 is 11.1 Å². The standard InChI is InChI=1S/C10H16N2OS/c1-10(2,7-11)12-9(13)6-8-4-3-5-14-8/h3-5H,6-7,11H2,1-2H3,(H,12,13). The van der Waals surface area contributed by atoms with E-state index in [-0.39, 0.29) is 11.4 Å². The third-order valence-corrected chi connectivity index (χ3v) is 2.78. The van der Waals surface area contributed by atoms with E-state index in [2.05, 4.69) is 5.32 Å². The van der Waals surface area contributed by atoms with Crippen LogP contribution < -0.4 is 11.1 Å². The zero-order valence-corrected chi connectivity index (χ0v) is 9.36. The van der Waals surface area contributed by atoms with E-state index in [0.717, 1.165) is 4.88 Å². The Labute approximate surface area is 88.3 Å². The van der Waals surface area contributed by atoms with Crippen LogP contribution in [0.25, 0.3) is 0 Å². The Bertz CT molecular complexity index is 293. The molecule has 1 rings (SSSR count). The summed E-state index contributed by atoms with van der Waals surface area (Å²) in [5.41, 5.74) is 5.20. The number of amides is 1. The first-order valence-electron chi connectivity index (χ1n) is 4.57. The first kappa shape index (κ1) is 11.2. The number of carbonyl (C=O) groups excluding carboxylic acids is 1. The van der Waals surface area contributed by atoms with Crippen molar-refractivity contribution in [1.29, 1.82) is 0 Å². The smallest absolute Gasteiger partial charge is 0.225 e. The zero-order valence-electron chi connectivity index (χ0n) is 8.54. The van der Waals surface area contributed by atoms with Crippen LogP contribution in [0.1, 0.15) is 18.7 Å². The number of carbonyl (C=O) groups is 1. The monoisotopic (exact) mass is 212 g/mol. The summed E-state index contributed by atoms with van der Waals surface area (Å²) < 4.78 is 0. The maximum Gasteiger partial charge on any atom is 0.225 e. The van der Waals surface area contributed by atoms with E-state index in [0.29, 0.717) is 13.0 Å². The van der Waals surface area contributed by atoms with E-state index >= 15 is 0 Å². The normalized spacial score (nSPS) is 11.4. The largest absolute Gasteiger partial charge is 0.350 e. The van der Waals surface area contributed by atoms with Gasteiger partial charge in [0.1, 0.15) is 0 Å². The fourth-order valence-electron chi connectivity index (χ4n) is 1.04. The van der Waals surface area contributed by atoms with Gasteiger partial charge in [0.15, 0.2) is 0 Å². The van der Waals surface area contributed by atoms with E-state index in [4.69, 9.17) is 5.73 Å². The number of hydrogen-bond acceptors (Lipinski definition) is 3. The number of nitrogens with one attached hydrogen (secondary N) is 1. The molecule has 3 N–H and O–H groups in total. The van der Waals surface area contributed by atoms with Gasteiger partial charge in [-0.15, -0.1) is 11.3 Å². The molecule has 0 aliphatic carbocycles. The summed E-state index contributed by atoms with van der Waals surface area (Å²) >= 11 is 1.59. The summed E-state index contributed by atoms with van der Waals surface area (Å²) in [5, 5.41) is 4.86. The molecule has 4 heteroatoms. The summed E-state index contributed by atoms with van der Waals surface area (Å²) in [7, 11) is 0. The predicted octanol–water partition coefficient (Wildman–Crippen LogP) is 1.14. The molecule has 0 unspecified atom stereocenters. The van der Waals surface area contributed by atoms with Crippen molar-refractivity contribution in [2.24, 2.45) is 5.73 Å². The molecule has 3 nitrogen and oxygen atoms in total. The summed E-state index contributed by atoms with van der Waals surface area (Å²) in [4.78, 5) is 12.6. The van der Waals surface area contributed by atoms with Crippen molar-refractivity contribution in [3.63, 3.8) is 0 Å². The second-order valence-corrected chi connectivity index (χ2v) is 4.92. The maximum absolute atomic E-state index is 11.5. The van der Waals surface area contributed by atoms with Crippen LogP contribution in [0.15, 0.2) is 17.5 Å². The highest BCUT2D eigenvalue weighted by Crippen LogP contribution is 2.09. The SMILES string of the molecule is CC(C)(CN)NC(=O)Cc1cccs1. The zero-order chi connectivity index (χ0) is 10.6. The minimum atomic E-state index is -0.311. The molecule has 0 aromatic carbocycles. The first-order valence-corrected chi connectivity index (χ1v) is 5.45. The third-order valence-electron chi connectivity index (χ3n) is 1.90. The second kappa shape index (κ2) is 4.57. The van der Waals surface area contributed by atoms with Gasteiger partial charge in [0.25, 0.3) is 0 Å². The summed E-state index contributed by atoms with van der Waals surface area (Å²) in [6.45, 7) is 4.28. The molecular weight excluding hydrogens is 196 g/mol. The third kappa shape index (κ3) is 3.47. The predicted molar refractivity (Wildman–Crippen MR) is 59.3 cm³/mol. The van der Waals surface area contributed by atoms with Crippen LogP contribution in [-0.4, -0.2) is 18.0 Å². The van der Waals surface area contributed by atoms with Crippen molar-refractivity contribution in [2.45, 2.75) is 25.8 Å². The molecule has 1 amide bonds. The van der Waals surface area contributed by atoms with Crippen LogP contribution >= 0.6 is 11.3 Å². The van der Waals surface area contributed by atoms with Gasteiger partial charge in [-0.05, 0) is 25.3 Å². The van der Waals surface area contributed by atoms with Gasteiger partial charge in [-0.3, -0.25) is 4.79 Å². The lowest BCUT2D eigenvalue weighted by Gasteiger charge is -2.23. The Morgan fingerprint density at radius 1 is 1.64 bits per heavy atom. The summed E-state index contributed by atoms with van der Waals surface area (Å²) in [6, 6.07) is 3.90. The molecule has 1 heterocycles. The Morgan fingerprint density at radius 3 is 2.86 bits per heavy atom. The van der Waals surface area contributed by atoms with E-state index < -0.39 is 0 Å². The van der Waals surface area contributed by atoms with Crippen molar-refractivity contribution >= 4 is 17.2 Å². The lowest BCUT2D eigenvalue weighted by atomic mass is 10.1. The van der Waals surface area contributed by atoms with Gasteiger partial charge >= 0.3 is 0 Å². The fourth-order valence-corrected chi connectivity index (χ4v) is 1.75. The summed E-state index contributed by atoms with van der Waals surface area (Å²) in [6.07, 6.45) is 0.446. The highest BCUT2D eigenvalue weighted by molar-refractivity contribution is 7.10. The molecule has 0 atom stereocenters. The molecule has 0 saturated carbocycles. The quantitative estimate of drug-likeness (QED) is 0.786. The van der Waals surface area contributed by atoms with Crippen molar-refractivity contribution in [3.8, 4) is 0 Å². The molecule has 78 valence electrons. The molecular formula is C10H16N2OS. The fraction of sp³-hybridized carbons (Fsp3) is 0.500. The second-order valence-electron chi connectivity index (χ2n) is 3.89. The first-order chi connectivity index (χ1) is 6.53. The number of thiophene rings is 1. The molecule has 0 fully saturated rings. The van der Waals surface area contributed by atoms with Crippen LogP contribution in [0.2, 0.25) is 0 Å². The average molecular weight is 212 g/mol. The number of nitrogens with two attached hydrogens (primary N) is 1. The Morgan fingerprint density at radius 2 is 2.36 bits per heavy atom. The number of hydrogen-bond donors (Lipinski definition) is 2. The van der Waals surface area contributed by atoms with Gasteiger partial charge in [-0.25, -0.2) is 0 Å². The summed E-state index contributed by atoms with van der Waals surface area (Å²) in [5.74, 6) is 0.0305. The molecule has 0 aliphatic rings. The van der Waals surface area contributed by atoms with E-state index in [1.807, 2.05) is 31.4 Å². The molecule has 0 radical (unpaired) electrons. The molecule has 0 spiro atoms. The Balaban J connectivity index is 2.44. The number of rotatable bonds is 4. The highest BCUT2D eigenvalue weighted by atomic mass is 32.1. The van der Waals surface area contributed by atoms with E-state index in [1.54, 1.807) is 11.3 Å². The minimum absolute atomic E-state index is 0.0305. The van der Waals surface area contributed by atoms with Crippen LogP contribution in [0.3, 0.4) is 0 Å². The highest BCUT2D eigenvalue weighted by Gasteiger charge is 2.18. The van der Waals surface area contributed by atoms with E-state index in [9.17, 15) is 4.79 Å². The van der Waals surface area contributed by atoms with Crippen molar-refractivity contribution in [1.82, 2.24) is 5.32 Å². The van der Waals surface area contributed by atoms with Crippen LogP contribution in [0.5, 0.6) is 0 Å². The van der Waals surface area contributed by atoms with Crippen LogP contribution in [0.4, 0.5) is 0 Å². The molecule has 0 aliphatic heterocycles. The van der Waals surface area contributed by atoms with Crippen molar-refractivity contribution in [2.75, 3.05) is 6.54 Å². The van der Waals surface area contributed by atoms with E-state index in [1.165, 1.54) is 0 Å². The van der Waals surface area contributed by atoms with Gasteiger partial charge in [-0.2, -0.15) is 0 Å². The Kier molecular flexibility index (Phi) is 3.66. The topological polar surface area (TPSA) is 55.1 Å².